The summed E-state index contributed by atoms with van der Waals surface area (Å²) in [6.45, 7) is 4.04. The van der Waals surface area contributed by atoms with Gasteiger partial charge in [-0.1, -0.05) is 41.9 Å². The van der Waals surface area contributed by atoms with Crippen LogP contribution in [0.5, 0.6) is 11.5 Å². The van der Waals surface area contributed by atoms with Gasteiger partial charge < -0.3 is 10.1 Å². The fourth-order valence-electron chi connectivity index (χ4n) is 1.91. The molecule has 0 atom stereocenters. The molecule has 0 spiro atoms. The maximum Gasteiger partial charge on any atom is 0.217 e. The zero-order valence-corrected chi connectivity index (χ0v) is 13.4. The van der Waals surface area contributed by atoms with Crippen molar-refractivity contribution in [2.45, 2.75) is 13.8 Å². The van der Waals surface area contributed by atoms with Gasteiger partial charge in [0.05, 0.1) is 5.02 Å². The van der Waals surface area contributed by atoms with Crippen LogP contribution in [0.15, 0.2) is 54.6 Å². The Balaban J connectivity index is 2.04. The molecule has 0 saturated carbocycles. The first-order chi connectivity index (χ1) is 10.6. The van der Waals surface area contributed by atoms with Crippen LogP contribution >= 0.6 is 11.6 Å². The van der Waals surface area contributed by atoms with E-state index in [2.05, 4.69) is 5.32 Å². The summed E-state index contributed by atoms with van der Waals surface area (Å²) in [5, 5.41) is 3.32. The molecule has 2 rings (SSSR count). The van der Waals surface area contributed by atoms with E-state index in [1.165, 1.54) is 6.92 Å². The van der Waals surface area contributed by atoms with E-state index in [0.29, 0.717) is 17.3 Å². The average Bonchev–Trinajstić information content (AvgIpc) is 2.50. The first-order valence-corrected chi connectivity index (χ1v) is 7.38. The summed E-state index contributed by atoms with van der Waals surface area (Å²) >= 11 is 6.07. The van der Waals surface area contributed by atoms with E-state index >= 15 is 0 Å². The molecular weight excluding hydrogens is 298 g/mol. The number of halogens is 1. The summed E-state index contributed by atoms with van der Waals surface area (Å²) in [5.41, 5.74) is 2.18. The number of hydrogen-bond acceptors (Lipinski definition) is 2. The number of hydrogen-bond donors (Lipinski definition) is 1. The molecule has 0 unspecified atom stereocenters. The molecule has 22 heavy (non-hydrogen) atoms. The molecule has 4 heteroatoms. The van der Waals surface area contributed by atoms with Gasteiger partial charge in [-0.3, -0.25) is 4.79 Å². The molecule has 0 aromatic heterocycles. The van der Waals surface area contributed by atoms with E-state index in [4.69, 9.17) is 16.3 Å². The van der Waals surface area contributed by atoms with E-state index < -0.39 is 0 Å². The van der Waals surface area contributed by atoms with E-state index in [1.54, 1.807) is 6.07 Å². The second kappa shape index (κ2) is 7.66. The van der Waals surface area contributed by atoms with Crippen molar-refractivity contribution in [3.8, 4) is 11.5 Å². The van der Waals surface area contributed by atoms with Crippen molar-refractivity contribution in [1.82, 2.24) is 5.32 Å². The number of para-hydroxylation sites is 1. The Hall–Kier alpha value is -2.26. The van der Waals surface area contributed by atoms with Crippen LogP contribution in [0.1, 0.15) is 19.4 Å². The van der Waals surface area contributed by atoms with Crippen LogP contribution in [-0.2, 0) is 4.79 Å². The summed E-state index contributed by atoms with van der Waals surface area (Å²) in [6, 6.07) is 15.1. The molecule has 0 heterocycles. The average molecular weight is 316 g/mol. The summed E-state index contributed by atoms with van der Waals surface area (Å²) in [7, 11) is 0. The lowest BCUT2D eigenvalue weighted by molar-refractivity contribution is -0.118. The number of amides is 1. The number of carbonyl (C=O) groups is 1. The molecule has 0 fully saturated rings. The molecule has 0 radical (unpaired) electrons. The molecule has 0 aliphatic rings. The van der Waals surface area contributed by atoms with Gasteiger partial charge in [-0.25, -0.2) is 0 Å². The zero-order chi connectivity index (χ0) is 15.9. The van der Waals surface area contributed by atoms with Crippen molar-refractivity contribution in [2.75, 3.05) is 6.54 Å². The molecule has 0 saturated heterocycles. The van der Waals surface area contributed by atoms with Gasteiger partial charge in [-0.2, -0.15) is 0 Å². The van der Waals surface area contributed by atoms with Gasteiger partial charge in [0.2, 0.25) is 5.91 Å². The number of rotatable bonds is 5. The Labute approximate surface area is 135 Å². The van der Waals surface area contributed by atoms with Gasteiger partial charge in [0.15, 0.2) is 0 Å². The van der Waals surface area contributed by atoms with Crippen LogP contribution in [0.25, 0.3) is 5.57 Å². The number of ether oxygens (including phenoxy) is 1. The fourth-order valence-corrected chi connectivity index (χ4v) is 2.08. The van der Waals surface area contributed by atoms with Crippen molar-refractivity contribution in [2.24, 2.45) is 0 Å². The molecule has 2 aromatic carbocycles. The predicted octanol–water partition coefficient (Wildman–Crippen LogP) is 4.67. The molecule has 2 aromatic rings. The summed E-state index contributed by atoms with van der Waals surface area (Å²) in [4.78, 5) is 10.8. The van der Waals surface area contributed by atoms with Crippen LogP contribution < -0.4 is 10.1 Å². The number of nitrogens with one attached hydrogen (secondary N) is 1. The minimum Gasteiger partial charge on any atom is -0.456 e. The lowest BCUT2D eigenvalue weighted by atomic mass is 10.1. The van der Waals surface area contributed by atoms with Crippen LogP contribution in [0.3, 0.4) is 0 Å². The lowest BCUT2D eigenvalue weighted by Crippen LogP contribution is -2.19. The Morgan fingerprint density at radius 2 is 1.82 bits per heavy atom. The fraction of sp³-hybridized carbons (Fsp3) is 0.167. The van der Waals surface area contributed by atoms with Gasteiger partial charge in [-0.05, 0) is 42.3 Å². The molecule has 1 amide bonds. The molecule has 0 bridgehead atoms. The maximum absolute atomic E-state index is 10.8. The third kappa shape index (κ3) is 4.64. The number of benzene rings is 2. The largest absolute Gasteiger partial charge is 0.456 e. The van der Waals surface area contributed by atoms with Gasteiger partial charge >= 0.3 is 0 Å². The minimum absolute atomic E-state index is 0.0347. The van der Waals surface area contributed by atoms with Gasteiger partial charge in [0.1, 0.15) is 11.5 Å². The second-order valence-electron chi connectivity index (χ2n) is 4.88. The zero-order valence-electron chi connectivity index (χ0n) is 12.6. The Bertz CT molecular complexity index is 678. The molecular formula is C18H18ClNO2. The predicted molar refractivity (Wildman–Crippen MR) is 90.3 cm³/mol. The van der Waals surface area contributed by atoms with E-state index in [-0.39, 0.29) is 5.91 Å². The van der Waals surface area contributed by atoms with Gasteiger partial charge in [0, 0.05) is 13.5 Å². The highest BCUT2D eigenvalue weighted by atomic mass is 35.5. The molecule has 114 valence electrons. The summed E-state index contributed by atoms with van der Waals surface area (Å²) in [5.74, 6) is 1.33. The van der Waals surface area contributed by atoms with Crippen molar-refractivity contribution < 1.29 is 9.53 Å². The number of carbonyl (C=O) groups excluding carboxylic acids is 1. The van der Waals surface area contributed by atoms with E-state index in [0.717, 1.165) is 16.9 Å². The Morgan fingerprint density at radius 1 is 1.14 bits per heavy atom. The second-order valence-corrected chi connectivity index (χ2v) is 5.29. The van der Waals surface area contributed by atoms with Crippen LogP contribution in [-0.4, -0.2) is 12.5 Å². The van der Waals surface area contributed by atoms with Crippen molar-refractivity contribution in [3.05, 3.63) is 65.2 Å². The monoisotopic (exact) mass is 315 g/mol. The molecule has 3 nitrogen and oxygen atoms in total. The minimum atomic E-state index is -0.0347. The topological polar surface area (TPSA) is 38.3 Å². The number of allylic oxidation sites excluding steroid dienone is 1. The first kappa shape index (κ1) is 16.1. The van der Waals surface area contributed by atoms with Gasteiger partial charge in [0.25, 0.3) is 0 Å². The van der Waals surface area contributed by atoms with E-state index in [1.807, 2.05) is 55.5 Å². The smallest absolute Gasteiger partial charge is 0.217 e. The summed E-state index contributed by atoms with van der Waals surface area (Å²) < 4.78 is 5.75. The molecule has 1 N–H and O–H groups in total. The Kier molecular flexibility index (Phi) is 5.61. The van der Waals surface area contributed by atoms with Crippen LogP contribution in [0, 0.1) is 0 Å². The quantitative estimate of drug-likeness (QED) is 0.870. The third-order valence-corrected chi connectivity index (χ3v) is 3.45. The highest BCUT2D eigenvalue weighted by molar-refractivity contribution is 6.32. The van der Waals surface area contributed by atoms with Crippen LogP contribution in [0.4, 0.5) is 0 Å². The molecule has 0 aliphatic carbocycles. The van der Waals surface area contributed by atoms with Gasteiger partial charge in [-0.15, -0.1) is 0 Å². The van der Waals surface area contributed by atoms with Crippen LogP contribution in [0.2, 0.25) is 5.02 Å². The van der Waals surface area contributed by atoms with Crippen molar-refractivity contribution in [3.63, 3.8) is 0 Å². The van der Waals surface area contributed by atoms with Crippen molar-refractivity contribution >= 4 is 23.1 Å². The first-order valence-electron chi connectivity index (χ1n) is 7.00. The SMILES string of the molecule is CC(=O)NCC=C(C)c1ccc(Oc2ccccc2Cl)cc1. The third-order valence-electron chi connectivity index (χ3n) is 3.13. The maximum atomic E-state index is 10.8. The molecule has 0 aliphatic heterocycles. The lowest BCUT2D eigenvalue weighted by Gasteiger charge is -2.08. The van der Waals surface area contributed by atoms with E-state index in [9.17, 15) is 4.79 Å². The standard InChI is InChI=1S/C18H18ClNO2/c1-13(11-12-20-14(2)21)15-7-9-16(10-8-15)22-18-6-4-3-5-17(18)19/h3-11H,12H2,1-2H3,(H,20,21). The van der Waals surface area contributed by atoms with Crippen molar-refractivity contribution in [1.29, 1.82) is 0 Å². The normalized spacial score (nSPS) is 11.1. The highest BCUT2D eigenvalue weighted by Gasteiger charge is 2.02. The Morgan fingerprint density at radius 3 is 2.45 bits per heavy atom. The highest BCUT2D eigenvalue weighted by Crippen LogP contribution is 2.29. The summed E-state index contributed by atoms with van der Waals surface area (Å²) in [6.07, 6.45) is 1.98.